The first-order chi connectivity index (χ1) is 9.15. The van der Waals surface area contributed by atoms with Gasteiger partial charge in [0.25, 0.3) is 0 Å². The first-order valence-corrected chi connectivity index (χ1v) is 7.63. The van der Waals surface area contributed by atoms with Crippen LogP contribution in [0.4, 0.5) is 0 Å². The summed E-state index contributed by atoms with van der Waals surface area (Å²) in [5.41, 5.74) is 0. The molecular formula is C16H34Br2N2O2. The first-order valence-electron chi connectivity index (χ1n) is 7.63. The molecule has 6 heteroatoms. The summed E-state index contributed by atoms with van der Waals surface area (Å²) >= 11 is 0. The van der Waals surface area contributed by atoms with Crippen LogP contribution >= 0.6 is 0 Å². The van der Waals surface area contributed by atoms with Crippen molar-refractivity contribution in [1.29, 1.82) is 0 Å². The molecule has 0 unspecified atom stereocenters. The minimum atomic E-state index is -0.317. The van der Waals surface area contributed by atoms with Crippen LogP contribution in [0.1, 0.15) is 26.7 Å². The summed E-state index contributed by atoms with van der Waals surface area (Å²) in [6.07, 6.45) is 3.45. The zero-order valence-corrected chi connectivity index (χ0v) is 18.2. The number of ether oxygens (including phenoxy) is 1. The van der Waals surface area contributed by atoms with Crippen molar-refractivity contribution in [3.05, 3.63) is 12.7 Å². The molecule has 0 heterocycles. The molecule has 0 aliphatic heterocycles. The Bertz CT molecular complexity index is 301. The fourth-order valence-electron chi connectivity index (χ4n) is 2.84. The molecule has 0 aliphatic carbocycles. The molecule has 0 fully saturated rings. The smallest absolute Gasteiger partial charge is 0.330 e. The third kappa shape index (κ3) is 12.6. The molecule has 0 spiro atoms. The number of halogens is 2. The SMILES string of the molecule is C=CC(=O)OC(C[N+](C)(C)CCC)C[N+](C)(C)CCC.[Br-].[Br-]. The number of quaternary nitrogens is 2. The third-order valence-electron chi connectivity index (χ3n) is 3.50. The van der Waals surface area contributed by atoms with Gasteiger partial charge in [0.05, 0.1) is 41.3 Å². The predicted octanol–water partition coefficient (Wildman–Crippen LogP) is -3.93. The van der Waals surface area contributed by atoms with E-state index in [0.29, 0.717) is 0 Å². The summed E-state index contributed by atoms with van der Waals surface area (Å²) in [5, 5.41) is 0. The van der Waals surface area contributed by atoms with E-state index in [9.17, 15) is 4.79 Å². The maximum absolute atomic E-state index is 11.6. The lowest BCUT2D eigenvalue weighted by atomic mass is 10.2. The second-order valence-electron chi connectivity index (χ2n) is 6.95. The zero-order valence-electron chi connectivity index (χ0n) is 15.1. The number of hydrogen-bond donors (Lipinski definition) is 0. The van der Waals surface area contributed by atoms with Crippen LogP contribution in [-0.2, 0) is 9.53 Å². The monoisotopic (exact) mass is 444 g/mol. The van der Waals surface area contributed by atoms with Gasteiger partial charge in [-0.2, -0.15) is 0 Å². The van der Waals surface area contributed by atoms with Crippen LogP contribution in [0, 0.1) is 0 Å². The molecule has 0 aromatic heterocycles. The average molecular weight is 446 g/mol. The van der Waals surface area contributed by atoms with Gasteiger partial charge in [0.2, 0.25) is 0 Å². The number of nitrogens with zero attached hydrogens (tertiary/aromatic N) is 2. The molecule has 0 aromatic rings. The van der Waals surface area contributed by atoms with Gasteiger partial charge in [-0.25, -0.2) is 4.79 Å². The normalized spacial score (nSPS) is 11.4. The second-order valence-corrected chi connectivity index (χ2v) is 6.95. The maximum atomic E-state index is 11.6. The van der Waals surface area contributed by atoms with Crippen LogP contribution in [0.3, 0.4) is 0 Å². The predicted molar refractivity (Wildman–Crippen MR) is 84.3 cm³/mol. The van der Waals surface area contributed by atoms with Crippen LogP contribution in [0.25, 0.3) is 0 Å². The third-order valence-corrected chi connectivity index (χ3v) is 3.50. The Hall–Kier alpha value is 0.0900. The van der Waals surface area contributed by atoms with E-state index >= 15 is 0 Å². The molecule has 0 radical (unpaired) electrons. The van der Waals surface area contributed by atoms with E-state index in [-0.39, 0.29) is 46.0 Å². The van der Waals surface area contributed by atoms with E-state index in [1.807, 2.05) is 0 Å². The Morgan fingerprint density at radius 2 is 1.36 bits per heavy atom. The van der Waals surface area contributed by atoms with Crippen LogP contribution in [-0.4, -0.2) is 75.4 Å². The van der Waals surface area contributed by atoms with Crippen molar-refractivity contribution < 1.29 is 52.5 Å². The minimum Gasteiger partial charge on any atom is -1.00 e. The van der Waals surface area contributed by atoms with Crippen molar-refractivity contribution in [2.24, 2.45) is 0 Å². The van der Waals surface area contributed by atoms with Crippen molar-refractivity contribution in [2.45, 2.75) is 32.8 Å². The highest BCUT2D eigenvalue weighted by Gasteiger charge is 2.30. The van der Waals surface area contributed by atoms with Gasteiger partial charge in [0.15, 0.2) is 6.10 Å². The van der Waals surface area contributed by atoms with Gasteiger partial charge in [-0.05, 0) is 12.8 Å². The highest BCUT2D eigenvalue weighted by atomic mass is 79.9. The van der Waals surface area contributed by atoms with Crippen LogP contribution in [0.5, 0.6) is 0 Å². The topological polar surface area (TPSA) is 26.3 Å². The fourth-order valence-corrected chi connectivity index (χ4v) is 2.84. The van der Waals surface area contributed by atoms with Crippen molar-refractivity contribution in [3.63, 3.8) is 0 Å². The lowest BCUT2D eigenvalue weighted by Gasteiger charge is -2.37. The summed E-state index contributed by atoms with van der Waals surface area (Å²) in [7, 11) is 8.77. The van der Waals surface area contributed by atoms with Gasteiger partial charge in [-0.1, -0.05) is 20.4 Å². The average Bonchev–Trinajstić information content (AvgIpc) is 2.26. The molecule has 134 valence electrons. The highest BCUT2D eigenvalue weighted by molar-refractivity contribution is 5.81. The van der Waals surface area contributed by atoms with Crippen LogP contribution in [0.2, 0.25) is 0 Å². The Kier molecular flexibility index (Phi) is 15.3. The molecule has 0 saturated heterocycles. The van der Waals surface area contributed by atoms with E-state index in [2.05, 4.69) is 48.6 Å². The standard InChI is InChI=1S/C16H34N2O2.2BrH/c1-8-11-17(4,5)13-15(20-16(19)10-3)14-18(6,7)12-9-2;;/h10,15H,3,8-9,11-14H2,1-2,4-7H3;2*1H/q+2;;/p-2. The highest BCUT2D eigenvalue weighted by Crippen LogP contribution is 2.10. The van der Waals surface area contributed by atoms with E-state index < -0.39 is 0 Å². The molecule has 0 aliphatic rings. The molecule has 0 rings (SSSR count). The Labute approximate surface area is 158 Å². The molecule has 0 atom stereocenters. The molecule has 0 N–H and O–H groups in total. The fraction of sp³-hybridized carbons (Fsp3) is 0.812. The van der Waals surface area contributed by atoms with Gasteiger partial charge in [0, 0.05) is 6.08 Å². The van der Waals surface area contributed by atoms with Gasteiger partial charge < -0.3 is 47.7 Å². The van der Waals surface area contributed by atoms with Crippen molar-refractivity contribution in [3.8, 4) is 0 Å². The van der Waals surface area contributed by atoms with E-state index in [1.54, 1.807) is 0 Å². The second kappa shape index (κ2) is 12.5. The summed E-state index contributed by atoms with van der Waals surface area (Å²) in [6.45, 7) is 11.7. The number of likely N-dealkylation sites (N-methyl/N-ethyl adjacent to an activating group) is 2. The van der Waals surface area contributed by atoms with Crippen molar-refractivity contribution >= 4 is 5.97 Å². The number of esters is 1. The van der Waals surface area contributed by atoms with E-state index in [4.69, 9.17) is 4.74 Å². The quantitative estimate of drug-likeness (QED) is 0.195. The Morgan fingerprint density at radius 3 is 1.64 bits per heavy atom. The Morgan fingerprint density at radius 1 is 1.00 bits per heavy atom. The lowest BCUT2D eigenvalue weighted by Crippen LogP contribution is -3.00. The molecule has 0 bridgehead atoms. The summed E-state index contributed by atoms with van der Waals surface area (Å²) in [6, 6.07) is 0. The molecule has 0 aromatic carbocycles. The van der Waals surface area contributed by atoms with E-state index in [1.165, 1.54) is 6.08 Å². The van der Waals surface area contributed by atoms with Crippen LogP contribution < -0.4 is 34.0 Å². The van der Waals surface area contributed by atoms with E-state index in [0.717, 1.165) is 48.0 Å². The summed E-state index contributed by atoms with van der Waals surface area (Å²) in [5.74, 6) is -0.317. The molecule has 0 saturated carbocycles. The zero-order chi connectivity index (χ0) is 15.8. The van der Waals surface area contributed by atoms with Gasteiger partial charge >= 0.3 is 5.97 Å². The lowest BCUT2D eigenvalue weighted by molar-refractivity contribution is -0.914. The molecular weight excluding hydrogens is 412 g/mol. The largest absolute Gasteiger partial charge is 1.00 e. The van der Waals surface area contributed by atoms with Crippen molar-refractivity contribution in [2.75, 3.05) is 54.4 Å². The number of rotatable bonds is 10. The van der Waals surface area contributed by atoms with Gasteiger partial charge in [-0.3, -0.25) is 0 Å². The van der Waals surface area contributed by atoms with Crippen LogP contribution in [0.15, 0.2) is 12.7 Å². The minimum absolute atomic E-state index is 0. The van der Waals surface area contributed by atoms with Crippen molar-refractivity contribution in [1.82, 2.24) is 0 Å². The first kappa shape index (κ1) is 27.0. The number of hydrogen-bond acceptors (Lipinski definition) is 2. The summed E-state index contributed by atoms with van der Waals surface area (Å²) < 4.78 is 7.32. The maximum Gasteiger partial charge on any atom is 0.330 e. The van der Waals surface area contributed by atoms with Gasteiger partial charge in [-0.15, -0.1) is 0 Å². The number of carbonyl (C=O) groups excluding carboxylic acids is 1. The summed E-state index contributed by atoms with van der Waals surface area (Å²) in [4.78, 5) is 11.6. The van der Waals surface area contributed by atoms with Gasteiger partial charge in [0.1, 0.15) is 13.1 Å². The molecule has 4 nitrogen and oxygen atoms in total. The number of carbonyl (C=O) groups is 1. The Balaban J connectivity index is -0.00000180. The molecule has 22 heavy (non-hydrogen) atoms. The molecule has 0 amide bonds.